The van der Waals surface area contributed by atoms with Crippen LogP contribution in [0.5, 0.6) is 0 Å². The first-order chi connectivity index (χ1) is 9.15. The van der Waals surface area contributed by atoms with Gasteiger partial charge in [0.15, 0.2) is 0 Å². The molecule has 0 saturated carbocycles. The van der Waals surface area contributed by atoms with Gasteiger partial charge in [-0.05, 0) is 42.7 Å². The van der Waals surface area contributed by atoms with Crippen LogP contribution in [0.15, 0.2) is 42.6 Å². The minimum atomic E-state index is -0.894. The molecule has 19 heavy (non-hydrogen) atoms. The van der Waals surface area contributed by atoms with Gasteiger partial charge in [0, 0.05) is 12.7 Å². The van der Waals surface area contributed by atoms with E-state index in [1.165, 1.54) is 0 Å². The molecule has 2 aromatic rings. The van der Waals surface area contributed by atoms with Crippen molar-refractivity contribution in [2.24, 2.45) is 0 Å². The number of aryl methyl sites for hydroxylation is 1. The molecule has 2 N–H and O–H groups in total. The summed E-state index contributed by atoms with van der Waals surface area (Å²) >= 11 is 0. The zero-order valence-corrected chi connectivity index (χ0v) is 10.8. The van der Waals surface area contributed by atoms with Crippen molar-refractivity contribution < 1.29 is 9.90 Å². The van der Waals surface area contributed by atoms with Crippen LogP contribution in [0.25, 0.3) is 0 Å². The molecule has 0 aliphatic carbocycles. The summed E-state index contributed by atoms with van der Waals surface area (Å²) in [4.78, 5) is 15.1. The number of hydrogen-bond acceptors (Lipinski definition) is 3. The van der Waals surface area contributed by atoms with Gasteiger partial charge in [-0.15, -0.1) is 0 Å². The Labute approximate surface area is 112 Å². The number of nitrogens with one attached hydrogen (secondary N) is 1. The van der Waals surface area contributed by atoms with Gasteiger partial charge < -0.3 is 10.4 Å². The molecule has 0 aliphatic rings. The van der Waals surface area contributed by atoms with E-state index in [2.05, 4.69) is 10.3 Å². The van der Waals surface area contributed by atoms with E-state index in [1.807, 2.05) is 31.3 Å². The maximum Gasteiger partial charge on any atom is 0.335 e. The fraction of sp³-hybridized carbons (Fsp3) is 0.200. The average molecular weight is 256 g/mol. The van der Waals surface area contributed by atoms with E-state index < -0.39 is 5.97 Å². The highest BCUT2D eigenvalue weighted by molar-refractivity contribution is 5.87. The quantitative estimate of drug-likeness (QED) is 0.863. The predicted octanol–water partition coefficient (Wildman–Crippen LogP) is 2.74. The van der Waals surface area contributed by atoms with Gasteiger partial charge in [-0.2, -0.15) is 0 Å². The first kappa shape index (κ1) is 13.1. The monoisotopic (exact) mass is 256 g/mol. The molecule has 4 nitrogen and oxygen atoms in total. The third-order valence-electron chi connectivity index (χ3n) is 2.81. The second-order valence-electron chi connectivity index (χ2n) is 4.40. The Kier molecular flexibility index (Phi) is 4.13. The third-order valence-corrected chi connectivity index (χ3v) is 2.81. The van der Waals surface area contributed by atoms with Gasteiger partial charge in [0.1, 0.15) is 5.82 Å². The number of carboxylic acid groups (broad SMARTS) is 1. The van der Waals surface area contributed by atoms with E-state index >= 15 is 0 Å². The number of carboxylic acids is 1. The van der Waals surface area contributed by atoms with Gasteiger partial charge in [-0.25, -0.2) is 9.78 Å². The Morgan fingerprint density at radius 1 is 1.32 bits per heavy atom. The summed E-state index contributed by atoms with van der Waals surface area (Å²) in [6, 6.07) is 10.9. The standard InChI is InChI=1S/C15H16N2O2/c1-11-5-6-14(17-10-11)16-8-7-12-3-2-4-13(9-12)15(18)19/h2-6,9-10H,7-8H2,1H3,(H,16,17)(H,18,19). The fourth-order valence-corrected chi connectivity index (χ4v) is 1.77. The maximum absolute atomic E-state index is 10.9. The van der Waals surface area contributed by atoms with Gasteiger partial charge in [-0.1, -0.05) is 18.2 Å². The number of carbonyl (C=O) groups is 1. The van der Waals surface area contributed by atoms with Crippen molar-refractivity contribution in [1.82, 2.24) is 4.98 Å². The number of nitrogens with zero attached hydrogens (tertiary/aromatic N) is 1. The topological polar surface area (TPSA) is 62.2 Å². The largest absolute Gasteiger partial charge is 0.478 e. The first-order valence-corrected chi connectivity index (χ1v) is 6.14. The van der Waals surface area contributed by atoms with Gasteiger partial charge in [-0.3, -0.25) is 0 Å². The fourth-order valence-electron chi connectivity index (χ4n) is 1.77. The van der Waals surface area contributed by atoms with Crippen molar-refractivity contribution in [1.29, 1.82) is 0 Å². The number of aromatic nitrogens is 1. The molecule has 0 fully saturated rings. The van der Waals surface area contributed by atoms with Crippen molar-refractivity contribution in [3.8, 4) is 0 Å². The molecule has 2 rings (SSSR count). The van der Waals surface area contributed by atoms with Gasteiger partial charge in [0.25, 0.3) is 0 Å². The number of aromatic carboxylic acids is 1. The van der Waals surface area contributed by atoms with Crippen molar-refractivity contribution in [2.75, 3.05) is 11.9 Å². The van der Waals surface area contributed by atoms with E-state index in [0.717, 1.165) is 29.9 Å². The van der Waals surface area contributed by atoms with E-state index in [-0.39, 0.29) is 0 Å². The number of anilines is 1. The Balaban J connectivity index is 1.90. The summed E-state index contributed by atoms with van der Waals surface area (Å²) < 4.78 is 0. The number of pyridine rings is 1. The molecule has 1 heterocycles. The second kappa shape index (κ2) is 6.00. The normalized spacial score (nSPS) is 10.2. The van der Waals surface area contributed by atoms with Gasteiger partial charge >= 0.3 is 5.97 Å². The van der Waals surface area contributed by atoms with Crippen LogP contribution in [-0.4, -0.2) is 22.6 Å². The van der Waals surface area contributed by atoms with Gasteiger partial charge in [0.05, 0.1) is 5.56 Å². The highest BCUT2D eigenvalue weighted by atomic mass is 16.4. The van der Waals surface area contributed by atoms with Crippen molar-refractivity contribution in [3.05, 3.63) is 59.3 Å². The van der Waals surface area contributed by atoms with Crippen LogP contribution in [0, 0.1) is 6.92 Å². The Morgan fingerprint density at radius 2 is 2.16 bits per heavy atom. The van der Waals surface area contributed by atoms with Crippen LogP contribution in [-0.2, 0) is 6.42 Å². The third kappa shape index (κ3) is 3.81. The molecule has 0 unspecified atom stereocenters. The van der Waals surface area contributed by atoms with Crippen LogP contribution in [0.1, 0.15) is 21.5 Å². The Hall–Kier alpha value is -2.36. The van der Waals surface area contributed by atoms with Crippen LogP contribution in [0.4, 0.5) is 5.82 Å². The minimum absolute atomic E-state index is 0.325. The lowest BCUT2D eigenvalue weighted by molar-refractivity contribution is 0.0697. The van der Waals surface area contributed by atoms with E-state index in [1.54, 1.807) is 18.2 Å². The summed E-state index contributed by atoms with van der Waals surface area (Å²) in [5.41, 5.74) is 2.45. The molecule has 0 spiro atoms. The van der Waals surface area contributed by atoms with Crippen LogP contribution >= 0.6 is 0 Å². The Morgan fingerprint density at radius 3 is 2.84 bits per heavy atom. The molecule has 4 heteroatoms. The van der Waals surface area contributed by atoms with Crippen molar-refractivity contribution >= 4 is 11.8 Å². The van der Waals surface area contributed by atoms with Crippen LogP contribution < -0.4 is 5.32 Å². The van der Waals surface area contributed by atoms with Gasteiger partial charge in [0.2, 0.25) is 0 Å². The average Bonchev–Trinajstić information content (AvgIpc) is 2.41. The lowest BCUT2D eigenvalue weighted by atomic mass is 10.1. The molecule has 0 bridgehead atoms. The van der Waals surface area contributed by atoms with Crippen molar-refractivity contribution in [2.45, 2.75) is 13.3 Å². The summed E-state index contributed by atoms with van der Waals surface area (Å²) in [6.07, 6.45) is 2.57. The van der Waals surface area contributed by atoms with E-state index in [9.17, 15) is 4.79 Å². The predicted molar refractivity (Wildman–Crippen MR) is 74.6 cm³/mol. The summed E-state index contributed by atoms with van der Waals surface area (Å²) in [7, 11) is 0. The molecule has 1 aromatic carbocycles. The molecular formula is C15H16N2O2. The summed E-state index contributed by atoms with van der Waals surface area (Å²) in [5.74, 6) is -0.0602. The Bertz CT molecular complexity index is 565. The molecule has 1 aromatic heterocycles. The molecule has 0 aliphatic heterocycles. The van der Waals surface area contributed by atoms with Crippen LogP contribution in [0.3, 0.4) is 0 Å². The van der Waals surface area contributed by atoms with E-state index in [0.29, 0.717) is 5.56 Å². The molecule has 98 valence electrons. The van der Waals surface area contributed by atoms with Crippen molar-refractivity contribution in [3.63, 3.8) is 0 Å². The lowest BCUT2D eigenvalue weighted by Gasteiger charge is -2.06. The summed E-state index contributed by atoms with van der Waals surface area (Å²) in [6.45, 7) is 2.72. The molecule has 0 saturated heterocycles. The molecule has 0 amide bonds. The number of rotatable bonds is 5. The zero-order valence-electron chi connectivity index (χ0n) is 10.8. The minimum Gasteiger partial charge on any atom is -0.478 e. The number of hydrogen-bond donors (Lipinski definition) is 2. The maximum atomic E-state index is 10.9. The zero-order chi connectivity index (χ0) is 13.7. The molecule has 0 atom stereocenters. The highest BCUT2D eigenvalue weighted by Gasteiger charge is 2.03. The first-order valence-electron chi connectivity index (χ1n) is 6.14. The van der Waals surface area contributed by atoms with E-state index in [4.69, 9.17) is 5.11 Å². The highest BCUT2D eigenvalue weighted by Crippen LogP contribution is 2.08. The summed E-state index contributed by atoms with van der Waals surface area (Å²) in [5, 5.41) is 12.1. The second-order valence-corrected chi connectivity index (χ2v) is 4.40. The molecule has 0 radical (unpaired) electrons. The molecular weight excluding hydrogens is 240 g/mol. The SMILES string of the molecule is Cc1ccc(NCCc2cccc(C(=O)O)c2)nc1. The van der Waals surface area contributed by atoms with Crippen LogP contribution in [0.2, 0.25) is 0 Å². The lowest BCUT2D eigenvalue weighted by Crippen LogP contribution is -2.07. The number of benzene rings is 1. The smallest absolute Gasteiger partial charge is 0.335 e.